The Morgan fingerprint density at radius 2 is 0.946 bits per heavy atom. The van der Waals surface area contributed by atoms with Gasteiger partial charge < -0.3 is 14.8 Å². The Morgan fingerprint density at radius 1 is 0.518 bits per heavy atom. The van der Waals surface area contributed by atoms with E-state index in [0.29, 0.717) is 0 Å². The van der Waals surface area contributed by atoms with Gasteiger partial charge in [0.05, 0.1) is 19.8 Å². The van der Waals surface area contributed by atoms with Crippen molar-refractivity contribution in [2.24, 2.45) is 0 Å². The molecule has 0 amide bonds. The van der Waals surface area contributed by atoms with Gasteiger partial charge in [-0.15, -0.1) is 0 Å². The van der Waals surface area contributed by atoms with Crippen molar-refractivity contribution in [2.45, 2.75) is 64.8 Å². The number of hydrogen-bond donors (Lipinski definition) is 1. The SMILES string of the molecule is COc1c(-c2ccccc2C2=CC=CC(C)(c3ccccc3-c3cc(C)cc(C(C)(C)c4ccccc4)c3OC)N2)cc(C)cc1C(C)(C)c1ccccc1.[Zr]. The first kappa shape index (κ1) is 40.7. The predicted molar refractivity (Wildman–Crippen MR) is 231 cm³/mol. The number of hydrogen-bond acceptors (Lipinski definition) is 3. The Hall–Kier alpha value is -4.92. The van der Waals surface area contributed by atoms with Gasteiger partial charge in [-0.2, -0.15) is 0 Å². The summed E-state index contributed by atoms with van der Waals surface area (Å²) >= 11 is 0. The van der Waals surface area contributed by atoms with Crippen LogP contribution in [0.25, 0.3) is 28.0 Å². The second-order valence-corrected chi connectivity index (χ2v) is 16.1. The molecule has 0 bridgehead atoms. The molecule has 0 saturated carbocycles. The molecule has 0 radical (unpaired) electrons. The van der Waals surface area contributed by atoms with E-state index in [0.717, 1.165) is 50.6 Å². The Labute approximate surface area is 353 Å². The molecule has 1 N–H and O–H groups in total. The first-order chi connectivity index (χ1) is 26.4. The molecule has 7 rings (SSSR count). The fourth-order valence-corrected chi connectivity index (χ4v) is 8.47. The van der Waals surface area contributed by atoms with Gasteiger partial charge in [0.1, 0.15) is 11.5 Å². The van der Waals surface area contributed by atoms with Crippen molar-refractivity contribution in [3.8, 4) is 33.8 Å². The smallest absolute Gasteiger partial charge is 0.130 e. The number of rotatable bonds is 10. The molecule has 6 aromatic rings. The van der Waals surface area contributed by atoms with Crippen LogP contribution in [-0.4, -0.2) is 14.2 Å². The minimum absolute atomic E-state index is 0. The zero-order chi connectivity index (χ0) is 39.0. The topological polar surface area (TPSA) is 30.5 Å². The molecule has 282 valence electrons. The first-order valence-electron chi connectivity index (χ1n) is 19.3. The van der Waals surface area contributed by atoms with E-state index >= 15 is 0 Å². The third-order valence-corrected chi connectivity index (χ3v) is 11.6. The summed E-state index contributed by atoms with van der Waals surface area (Å²) in [6.07, 6.45) is 6.64. The Morgan fingerprint density at radius 3 is 1.45 bits per heavy atom. The summed E-state index contributed by atoms with van der Waals surface area (Å²) in [4.78, 5) is 0. The van der Waals surface area contributed by atoms with Gasteiger partial charge in [0.15, 0.2) is 0 Å². The van der Waals surface area contributed by atoms with Crippen molar-refractivity contribution in [2.75, 3.05) is 14.2 Å². The van der Waals surface area contributed by atoms with E-state index in [9.17, 15) is 0 Å². The standard InChI is InChI=1S/C52H53NO2.Zr/c1-35-31-42(48(54-8)45(33-35)50(3,4)37-21-12-10-13-22-37)39-25-16-17-27-41(39)47-29-20-30-52(7,53-47)44-28-19-18-26-40(44)43-32-36(2)34-46(49(43)55-9)51(5,6)38-23-14-11-15-24-38;/h10-34,53H,1-9H3;. The number of dihydropyridines is 1. The summed E-state index contributed by atoms with van der Waals surface area (Å²) in [5, 5.41) is 4.02. The number of ether oxygens (including phenoxy) is 2. The molecule has 1 unspecified atom stereocenters. The molecule has 1 heterocycles. The molecule has 1 aliphatic rings. The van der Waals surface area contributed by atoms with Crippen LogP contribution in [0.3, 0.4) is 0 Å². The third-order valence-electron chi connectivity index (χ3n) is 11.6. The normalized spacial score (nSPS) is 15.3. The van der Waals surface area contributed by atoms with Crippen molar-refractivity contribution in [3.05, 3.63) is 196 Å². The molecule has 1 aliphatic heterocycles. The number of methoxy groups -OCH3 is 2. The third kappa shape index (κ3) is 7.49. The molecule has 4 heteroatoms. The molecule has 0 fully saturated rings. The minimum Gasteiger partial charge on any atom is -0.496 e. The van der Waals surface area contributed by atoms with Crippen molar-refractivity contribution >= 4 is 5.70 Å². The maximum atomic E-state index is 6.36. The van der Waals surface area contributed by atoms with Gasteiger partial charge in [-0.1, -0.05) is 161 Å². The van der Waals surface area contributed by atoms with E-state index in [1.807, 2.05) is 0 Å². The number of aryl methyl sites for hydroxylation is 2. The average molecular weight is 815 g/mol. The largest absolute Gasteiger partial charge is 0.496 e. The molecule has 0 aromatic heterocycles. The van der Waals surface area contributed by atoms with Gasteiger partial charge in [0, 0.05) is 70.5 Å². The van der Waals surface area contributed by atoms with Crippen molar-refractivity contribution in [1.82, 2.24) is 5.32 Å². The van der Waals surface area contributed by atoms with Crippen LogP contribution < -0.4 is 14.8 Å². The van der Waals surface area contributed by atoms with Crippen LogP contribution in [0, 0.1) is 13.8 Å². The molecule has 56 heavy (non-hydrogen) atoms. The first-order valence-corrected chi connectivity index (χ1v) is 19.3. The fraction of sp³-hybridized carbons (Fsp3) is 0.231. The average Bonchev–Trinajstić information content (AvgIpc) is 3.21. The van der Waals surface area contributed by atoms with E-state index < -0.39 is 5.54 Å². The molecular formula is C52H53NO2Zr. The number of benzene rings is 6. The Balaban J connectivity index is 0.00000532. The van der Waals surface area contributed by atoms with E-state index in [1.54, 1.807) is 14.2 Å². The minimum atomic E-state index is -0.533. The van der Waals surface area contributed by atoms with Crippen molar-refractivity contribution < 1.29 is 35.7 Å². The second kappa shape index (κ2) is 16.3. The van der Waals surface area contributed by atoms with Crippen LogP contribution in [0.1, 0.15) is 79.1 Å². The summed E-state index contributed by atoms with van der Waals surface area (Å²) in [5.41, 5.74) is 13.9. The zero-order valence-corrected chi connectivity index (χ0v) is 36.7. The van der Waals surface area contributed by atoms with Crippen LogP contribution in [0.5, 0.6) is 11.5 Å². The van der Waals surface area contributed by atoms with Crippen LogP contribution >= 0.6 is 0 Å². The summed E-state index contributed by atoms with van der Waals surface area (Å²) in [6.45, 7) is 15.8. The van der Waals surface area contributed by atoms with Crippen molar-refractivity contribution in [1.29, 1.82) is 0 Å². The van der Waals surface area contributed by atoms with Crippen LogP contribution in [0.15, 0.2) is 152 Å². The summed E-state index contributed by atoms with van der Waals surface area (Å²) in [6, 6.07) is 47.9. The molecule has 6 aromatic carbocycles. The maximum absolute atomic E-state index is 6.36. The zero-order valence-electron chi connectivity index (χ0n) is 34.3. The van der Waals surface area contributed by atoms with E-state index in [-0.39, 0.29) is 37.0 Å². The quantitative estimate of drug-likeness (QED) is 0.149. The summed E-state index contributed by atoms with van der Waals surface area (Å²) in [5.74, 6) is 1.80. The number of nitrogens with one attached hydrogen (secondary N) is 1. The van der Waals surface area contributed by atoms with Gasteiger partial charge in [-0.05, 0) is 77.9 Å². The monoisotopic (exact) mass is 813 g/mol. The predicted octanol–water partition coefficient (Wildman–Crippen LogP) is 12.7. The molecule has 1 atom stereocenters. The Kier molecular flexibility index (Phi) is 11.8. The van der Waals surface area contributed by atoms with Crippen LogP contribution in [-0.2, 0) is 42.6 Å². The van der Waals surface area contributed by atoms with Crippen LogP contribution in [0.2, 0.25) is 0 Å². The second-order valence-electron chi connectivity index (χ2n) is 16.1. The van der Waals surface area contributed by atoms with Crippen LogP contribution in [0.4, 0.5) is 0 Å². The van der Waals surface area contributed by atoms with E-state index in [4.69, 9.17) is 9.47 Å². The number of allylic oxidation sites excluding steroid dienone is 2. The van der Waals surface area contributed by atoms with Gasteiger partial charge in [-0.25, -0.2) is 0 Å². The van der Waals surface area contributed by atoms with E-state index in [1.165, 1.54) is 33.4 Å². The van der Waals surface area contributed by atoms with Crippen molar-refractivity contribution in [3.63, 3.8) is 0 Å². The fourth-order valence-electron chi connectivity index (χ4n) is 8.47. The molecule has 3 nitrogen and oxygen atoms in total. The van der Waals surface area contributed by atoms with Gasteiger partial charge >= 0.3 is 0 Å². The van der Waals surface area contributed by atoms with Gasteiger partial charge in [-0.3, -0.25) is 0 Å². The van der Waals surface area contributed by atoms with Gasteiger partial charge in [0.25, 0.3) is 0 Å². The molecular weight excluding hydrogens is 762 g/mol. The summed E-state index contributed by atoms with van der Waals surface area (Å²) in [7, 11) is 3.59. The molecule has 0 aliphatic carbocycles. The van der Waals surface area contributed by atoms with Gasteiger partial charge in [0.2, 0.25) is 0 Å². The van der Waals surface area contributed by atoms with E-state index in [2.05, 4.69) is 205 Å². The molecule has 0 spiro atoms. The maximum Gasteiger partial charge on any atom is 0.130 e. The molecule has 0 saturated heterocycles. The summed E-state index contributed by atoms with van der Waals surface area (Å²) < 4.78 is 12.7. The Bertz CT molecular complexity index is 2410.